The summed E-state index contributed by atoms with van der Waals surface area (Å²) in [6.07, 6.45) is 5.22. The summed E-state index contributed by atoms with van der Waals surface area (Å²) in [6.45, 7) is -0.0813. The van der Waals surface area contributed by atoms with Gasteiger partial charge < -0.3 is 15.2 Å². The van der Waals surface area contributed by atoms with Gasteiger partial charge in [-0.3, -0.25) is 9.48 Å². The number of carboxylic acid groups (broad SMARTS) is 1. The van der Waals surface area contributed by atoms with Crippen LogP contribution in [-0.4, -0.2) is 46.5 Å². The Balaban J connectivity index is 2.42. The Morgan fingerprint density at radius 3 is 2.89 bits per heavy atom. The molecule has 7 heteroatoms. The van der Waals surface area contributed by atoms with E-state index in [0.717, 1.165) is 5.56 Å². The summed E-state index contributed by atoms with van der Waals surface area (Å²) >= 11 is 0. The lowest BCUT2D eigenvalue weighted by Crippen LogP contribution is -2.37. The summed E-state index contributed by atoms with van der Waals surface area (Å²) in [7, 11) is 3.05. The summed E-state index contributed by atoms with van der Waals surface area (Å²) < 4.78 is 6.29. The van der Waals surface area contributed by atoms with Crippen molar-refractivity contribution in [1.29, 1.82) is 0 Å². The van der Waals surface area contributed by atoms with Crippen LogP contribution in [0.3, 0.4) is 0 Å². The van der Waals surface area contributed by atoms with Gasteiger partial charge in [0.05, 0.1) is 12.7 Å². The van der Waals surface area contributed by atoms with E-state index in [1.165, 1.54) is 13.2 Å². The number of nitrogens with zero attached hydrogens (tertiary/aromatic N) is 2. The zero-order chi connectivity index (χ0) is 13.5. The molecule has 0 bridgehead atoms. The van der Waals surface area contributed by atoms with E-state index >= 15 is 0 Å². The van der Waals surface area contributed by atoms with Crippen molar-refractivity contribution in [2.24, 2.45) is 7.05 Å². The Morgan fingerprint density at radius 1 is 1.67 bits per heavy atom. The highest BCUT2D eigenvalue weighted by atomic mass is 16.5. The fraction of sp³-hybridized carbons (Fsp3) is 0.364. The topological polar surface area (TPSA) is 93.5 Å². The number of carboxylic acids is 1. The Hall–Kier alpha value is -2.15. The molecular weight excluding hydrogens is 238 g/mol. The van der Waals surface area contributed by atoms with Crippen molar-refractivity contribution >= 4 is 18.0 Å². The SMILES string of the molecule is COC(CNC(=O)/C=C/c1cnn(C)c1)C(=O)O. The lowest BCUT2D eigenvalue weighted by molar-refractivity contribution is -0.148. The second-order valence-corrected chi connectivity index (χ2v) is 3.59. The van der Waals surface area contributed by atoms with Crippen molar-refractivity contribution in [1.82, 2.24) is 15.1 Å². The number of amides is 1. The van der Waals surface area contributed by atoms with Gasteiger partial charge >= 0.3 is 5.97 Å². The van der Waals surface area contributed by atoms with Crippen LogP contribution in [0.5, 0.6) is 0 Å². The monoisotopic (exact) mass is 253 g/mol. The Bertz CT molecular complexity index is 453. The van der Waals surface area contributed by atoms with Crippen LogP contribution in [0.4, 0.5) is 0 Å². The maximum absolute atomic E-state index is 11.4. The molecule has 0 radical (unpaired) electrons. The molecule has 1 heterocycles. The van der Waals surface area contributed by atoms with Crippen LogP contribution in [-0.2, 0) is 21.4 Å². The maximum atomic E-state index is 11.4. The first-order valence-corrected chi connectivity index (χ1v) is 5.23. The lowest BCUT2D eigenvalue weighted by atomic mass is 10.3. The first-order chi connectivity index (χ1) is 8.52. The standard InChI is InChI=1S/C11H15N3O4/c1-14-7-8(5-13-14)3-4-10(15)12-6-9(18-2)11(16)17/h3-5,7,9H,6H2,1-2H3,(H,12,15)(H,16,17)/b4-3+. The zero-order valence-electron chi connectivity index (χ0n) is 10.2. The number of hydrogen-bond acceptors (Lipinski definition) is 4. The smallest absolute Gasteiger partial charge is 0.334 e. The van der Waals surface area contributed by atoms with Gasteiger partial charge in [0.25, 0.3) is 0 Å². The second-order valence-electron chi connectivity index (χ2n) is 3.59. The first kappa shape index (κ1) is 13.9. The summed E-state index contributed by atoms with van der Waals surface area (Å²) in [5, 5.41) is 15.1. The van der Waals surface area contributed by atoms with Crippen molar-refractivity contribution in [3.05, 3.63) is 24.0 Å². The molecule has 0 spiro atoms. The van der Waals surface area contributed by atoms with Crippen molar-refractivity contribution in [3.8, 4) is 0 Å². The highest BCUT2D eigenvalue weighted by Gasteiger charge is 2.16. The van der Waals surface area contributed by atoms with Crippen molar-refractivity contribution < 1.29 is 19.4 Å². The van der Waals surface area contributed by atoms with Gasteiger partial charge in [-0.25, -0.2) is 4.79 Å². The number of carbonyl (C=O) groups is 2. The average molecular weight is 253 g/mol. The van der Waals surface area contributed by atoms with Crippen molar-refractivity contribution in [2.45, 2.75) is 6.10 Å². The van der Waals surface area contributed by atoms with E-state index in [1.807, 2.05) is 0 Å². The molecule has 0 aliphatic carbocycles. The van der Waals surface area contributed by atoms with Gasteiger partial charge in [0.2, 0.25) is 5.91 Å². The van der Waals surface area contributed by atoms with Crippen LogP contribution < -0.4 is 5.32 Å². The van der Waals surface area contributed by atoms with E-state index < -0.39 is 12.1 Å². The summed E-state index contributed by atoms with van der Waals surface area (Å²) in [5.41, 5.74) is 0.786. The van der Waals surface area contributed by atoms with E-state index in [4.69, 9.17) is 5.11 Å². The van der Waals surface area contributed by atoms with Crippen molar-refractivity contribution in [3.63, 3.8) is 0 Å². The lowest BCUT2D eigenvalue weighted by Gasteiger charge is -2.09. The molecule has 0 saturated carbocycles. The van der Waals surface area contributed by atoms with Crippen LogP contribution in [0, 0.1) is 0 Å². The quantitative estimate of drug-likeness (QED) is 0.676. The molecule has 0 saturated heterocycles. The Labute approximate surface area is 104 Å². The van der Waals surface area contributed by atoms with Crippen LogP contribution >= 0.6 is 0 Å². The molecule has 0 aliphatic rings. The molecule has 7 nitrogen and oxygen atoms in total. The minimum Gasteiger partial charge on any atom is -0.479 e. The molecule has 98 valence electrons. The van der Waals surface area contributed by atoms with Gasteiger partial charge in [0, 0.05) is 32.0 Å². The third kappa shape index (κ3) is 4.38. The number of methoxy groups -OCH3 is 1. The largest absolute Gasteiger partial charge is 0.479 e. The van der Waals surface area contributed by atoms with Crippen LogP contribution in [0.25, 0.3) is 6.08 Å². The molecule has 1 rings (SSSR count). The molecule has 1 atom stereocenters. The van der Waals surface area contributed by atoms with E-state index in [1.54, 1.807) is 30.2 Å². The molecule has 1 aromatic heterocycles. The number of carbonyl (C=O) groups excluding carboxylic acids is 1. The molecule has 1 aromatic rings. The maximum Gasteiger partial charge on any atom is 0.334 e. The van der Waals surface area contributed by atoms with Gasteiger partial charge in [0.15, 0.2) is 6.10 Å². The predicted molar refractivity (Wildman–Crippen MR) is 63.7 cm³/mol. The molecule has 0 aliphatic heterocycles. The van der Waals surface area contributed by atoms with E-state index in [9.17, 15) is 9.59 Å². The van der Waals surface area contributed by atoms with E-state index in [2.05, 4.69) is 15.2 Å². The zero-order valence-corrected chi connectivity index (χ0v) is 10.2. The Kier molecular flexibility index (Phi) is 5.06. The molecule has 1 unspecified atom stereocenters. The van der Waals surface area contributed by atoms with Gasteiger partial charge in [0.1, 0.15) is 0 Å². The minimum absolute atomic E-state index is 0.0813. The third-order valence-electron chi connectivity index (χ3n) is 2.17. The highest BCUT2D eigenvalue weighted by Crippen LogP contribution is 1.98. The number of aliphatic carboxylic acids is 1. The van der Waals surface area contributed by atoms with Gasteiger partial charge in [-0.05, 0) is 6.08 Å². The number of nitrogens with one attached hydrogen (secondary N) is 1. The summed E-state index contributed by atoms with van der Waals surface area (Å²) in [4.78, 5) is 22.0. The Morgan fingerprint density at radius 2 is 2.39 bits per heavy atom. The second kappa shape index (κ2) is 6.55. The number of ether oxygens (including phenoxy) is 1. The number of hydrogen-bond donors (Lipinski definition) is 2. The van der Waals surface area contributed by atoms with Crippen molar-refractivity contribution in [2.75, 3.05) is 13.7 Å². The summed E-state index contributed by atoms with van der Waals surface area (Å²) in [5.74, 6) is -1.50. The number of aryl methyl sites for hydroxylation is 1. The first-order valence-electron chi connectivity index (χ1n) is 5.23. The molecule has 18 heavy (non-hydrogen) atoms. The average Bonchev–Trinajstić information content (AvgIpc) is 2.73. The molecular formula is C11H15N3O4. The molecule has 0 aromatic carbocycles. The fourth-order valence-electron chi connectivity index (χ4n) is 1.22. The van der Waals surface area contributed by atoms with Crippen LogP contribution in [0.2, 0.25) is 0 Å². The van der Waals surface area contributed by atoms with Crippen LogP contribution in [0.15, 0.2) is 18.5 Å². The number of rotatable bonds is 6. The van der Waals surface area contributed by atoms with Gasteiger partial charge in [-0.2, -0.15) is 5.10 Å². The minimum atomic E-state index is -1.12. The molecule has 1 amide bonds. The molecule has 2 N–H and O–H groups in total. The molecule has 0 fully saturated rings. The number of aromatic nitrogens is 2. The van der Waals surface area contributed by atoms with E-state index in [-0.39, 0.29) is 12.5 Å². The van der Waals surface area contributed by atoms with Crippen LogP contribution in [0.1, 0.15) is 5.56 Å². The van der Waals surface area contributed by atoms with Gasteiger partial charge in [-0.15, -0.1) is 0 Å². The normalized spacial score (nSPS) is 12.6. The third-order valence-corrected chi connectivity index (χ3v) is 2.17. The fourth-order valence-corrected chi connectivity index (χ4v) is 1.22. The highest BCUT2D eigenvalue weighted by molar-refractivity contribution is 5.91. The van der Waals surface area contributed by atoms with E-state index in [0.29, 0.717) is 0 Å². The van der Waals surface area contributed by atoms with Gasteiger partial charge in [-0.1, -0.05) is 0 Å². The summed E-state index contributed by atoms with van der Waals surface area (Å²) in [6, 6.07) is 0. The predicted octanol–water partition coefficient (Wildman–Crippen LogP) is -0.351.